The Morgan fingerprint density at radius 1 is 1.54 bits per heavy atom. The average Bonchev–Trinajstić information content (AvgIpc) is 2.15. The van der Waals surface area contributed by atoms with Crippen molar-refractivity contribution in [3.8, 4) is 6.07 Å². The number of rotatable bonds is 5. The molecule has 13 heavy (non-hydrogen) atoms. The molecule has 2 unspecified atom stereocenters. The summed E-state index contributed by atoms with van der Waals surface area (Å²) in [5.74, 6) is -0.00444. The molecular formula is C10H18N2O. The normalized spacial score (nSPS) is 14.3. The van der Waals surface area contributed by atoms with E-state index in [1.165, 1.54) is 0 Å². The van der Waals surface area contributed by atoms with E-state index in [-0.39, 0.29) is 17.9 Å². The van der Waals surface area contributed by atoms with Crippen LogP contribution in [0.5, 0.6) is 0 Å². The second-order valence-corrected chi connectivity index (χ2v) is 3.29. The molecule has 0 aliphatic rings. The van der Waals surface area contributed by atoms with Gasteiger partial charge in [0.1, 0.15) is 6.04 Å². The molecular weight excluding hydrogens is 164 g/mol. The van der Waals surface area contributed by atoms with Gasteiger partial charge in [-0.3, -0.25) is 4.79 Å². The molecule has 0 fully saturated rings. The summed E-state index contributed by atoms with van der Waals surface area (Å²) < 4.78 is 0. The lowest BCUT2D eigenvalue weighted by Gasteiger charge is -2.13. The Bertz CT molecular complexity index is 196. The van der Waals surface area contributed by atoms with Crippen molar-refractivity contribution in [1.82, 2.24) is 5.32 Å². The molecule has 0 bridgehead atoms. The molecule has 1 amide bonds. The fraction of sp³-hybridized carbons (Fsp3) is 0.800. The molecule has 0 aromatic carbocycles. The van der Waals surface area contributed by atoms with Crippen molar-refractivity contribution >= 4 is 5.91 Å². The van der Waals surface area contributed by atoms with Gasteiger partial charge in [0.2, 0.25) is 5.91 Å². The van der Waals surface area contributed by atoms with Crippen molar-refractivity contribution in [3.63, 3.8) is 0 Å². The molecule has 0 aliphatic carbocycles. The molecule has 0 saturated carbocycles. The topological polar surface area (TPSA) is 52.9 Å². The van der Waals surface area contributed by atoms with Crippen LogP contribution in [-0.4, -0.2) is 11.9 Å². The maximum atomic E-state index is 11.4. The predicted octanol–water partition coefficient (Wildman–Crippen LogP) is 1.84. The van der Waals surface area contributed by atoms with E-state index in [1.807, 2.05) is 20.8 Å². The summed E-state index contributed by atoms with van der Waals surface area (Å²) >= 11 is 0. The Morgan fingerprint density at radius 2 is 2.15 bits per heavy atom. The predicted molar refractivity (Wildman–Crippen MR) is 51.9 cm³/mol. The Morgan fingerprint density at radius 3 is 2.54 bits per heavy atom. The zero-order valence-electron chi connectivity index (χ0n) is 8.63. The number of hydrogen-bond donors (Lipinski definition) is 1. The van der Waals surface area contributed by atoms with Gasteiger partial charge >= 0.3 is 0 Å². The fourth-order valence-electron chi connectivity index (χ4n) is 0.957. The summed E-state index contributed by atoms with van der Waals surface area (Å²) in [5, 5.41) is 11.4. The molecule has 3 heteroatoms. The lowest BCUT2D eigenvalue weighted by atomic mass is 10.1. The molecule has 0 aromatic rings. The molecule has 0 radical (unpaired) electrons. The van der Waals surface area contributed by atoms with Gasteiger partial charge < -0.3 is 5.32 Å². The smallest absolute Gasteiger partial charge is 0.223 e. The van der Waals surface area contributed by atoms with Gasteiger partial charge in [0, 0.05) is 5.92 Å². The van der Waals surface area contributed by atoms with Gasteiger partial charge in [-0.15, -0.1) is 0 Å². The third kappa shape index (κ3) is 4.51. The molecule has 2 atom stereocenters. The van der Waals surface area contributed by atoms with E-state index in [1.54, 1.807) is 0 Å². The van der Waals surface area contributed by atoms with Crippen molar-refractivity contribution in [1.29, 1.82) is 5.26 Å². The van der Waals surface area contributed by atoms with Gasteiger partial charge in [-0.1, -0.05) is 27.2 Å². The molecule has 1 N–H and O–H groups in total. The lowest BCUT2D eigenvalue weighted by Crippen LogP contribution is -2.37. The first kappa shape index (κ1) is 12.0. The molecule has 0 rings (SSSR count). The SMILES string of the molecule is CCCC(C#N)NC(=O)C(C)CC. The van der Waals surface area contributed by atoms with E-state index >= 15 is 0 Å². The van der Waals surface area contributed by atoms with E-state index in [0.29, 0.717) is 0 Å². The van der Waals surface area contributed by atoms with Gasteiger partial charge in [-0.25, -0.2) is 0 Å². The fourth-order valence-corrected chi connectivity index (χ4v) is 0.957. The van der Waals surface area contributed by atoms with E-state index < -0.39 is 0 Å². The molecule has 0 heterocycles. The number of nitriles is 1. The van der Waals surface area contributed by atoms with E-state index in [2.05, 4.69) is 11.4 Å². The summed E-state index contributed by atoms with van der Waals surface area (Å²) in [5.41, 5.74) is 0. The third-order valence-electron chi connectivity index (χ3n) is 2.11. The first-order valence-electron chi connectivity index (χ1n) is 4.85. The van der Waals surface area contributed by atoms with Gasteiger partial charge in [0.25, 0.3) is 0 Å². The van der Waals surface area contributed by atoms with E-state index in [9.17, 15) is 4.79 Å². The Kier molecular flexibility index (Phi) is 5.96. The minimum Gasteiger partial charge on any atom is -0.340 e. The van der Waals surface area contributed by atoms with Crippen LogP contribution in [0.25, 0.3) is 0 Å². The van der Waals surface area contributed by atoms with Crippen LogP contribution < -0.4 is 5.32 Å². The van der Waals surface area contributed by atoms with Crippen LogP contribution in [0.15, 0.2) is 0 Å². The van der Waals surface area contributed by atoms with Crippen molar-refractivity contribution in [3.05, 3.63) is 0 Å². The first-order valence-corrected chi connectivity index (χ1v) is 4.85. The van der Waals surface area contributed by atoms with E-state index in [0.717, 1.165) is 19.3 Å². The maximum Gasteiger partial charge on any atom is 0.223 e. The highest BCUT2D eigenvalue weighted by Crippen LogP contribution is 2.02. The monoisotopic (exact) mass is 182 g/mol. The largest absolute Gasteiger partial charge is 0.340 e. The number of carbonyl (C=O) groups is 1. The molecule has 3 nitrogen and oxygen atoms in total. The number of hydrogen-bond acceptors (Lipinski definition) is 2. The third-order valence-corrected chi connectivity index (χ3v) is 2.11. The second kappa shape index (κ2) is 6.47. The van der Waals surface area contributed by atoms with Crippen LogP contribution in [0.4, 0.5) is 0 Å². The zero-order chi connectivity index (χ0) is 10.3. The van der Waals surface area contributed by atoms with Crippen LogP contribution >= 0.6 is 0 Å². The van der Waals surface area contributed by atoms with Crippen molar-refractivity contribution in [2.24, 2.45) is 5.92 Å². The van der Waals surface area contributed by atoms with Crippen molar-refractivity contribution < 1.29 is 4.79 Å². The van der Waals surface area contributed by atoms with Crippen LogP contribution in [-0.2, 0) is 4.79 Å². The summed E-state index contributed by atoms with van der Waals surface area (Å²) in [6.45, 7) is 5.83. The minimum absolute atomic E-state index is 0.00714. The first-order chi connectivity index (χ1) is 6.15. The lowest BCUT2D eigenvalue weighted by molar-refractivity contribution is -0.125. The van der Waals surface area contributed by atoms with Crippen molar-refractivity contribution in [2.45, 2.75) is 46.1 Å². The molecule has 0 aliphatic heterocycles. The van der Waals surface area contributed by atoms with Gasteiger partial charge in [-0.05, 0) is 12.8 Å². The highest BCUT2D eigenvalue weighted by molar-refractivity contribution is 5.78. The highest BCUT2D eigenvalue weighted by atomic mass is 16.1. The van der Waals surface area contributed by atoms with Crippen LogP contribution in [0.1, 0.15) is 40.0 Å². The molecule has 0 saturated heterocycles. The highest BCUT2D eigenvalue weighted by Gasteiger charge is 2.14. The number of amides is 1. The Balaban J connectivity index is 3.95. The molecule has 0 aromatic heterocycles. The summed E-state index contributed by atoms with van der Waals surface area (Å²) in [6.07, 6.45) is 2.47. The van der Waals surface area contributed by atoms with Crippen molar-refractivity contribution in [2.75, 3.05) is 0 Å². The Hall–Kier alpha value is -1.04. The summed E-state index contributed by atoms with van der Waals surface area (Å²) in [4.78, 5) is 11.4. The van der Waals surface area contributed by atoms with Gasteiger partial charge in [0.15, 0.2) is 0 Å². The number of carbonyl (C=O) groups excluding carboxylic acids is 1. The average molecular weight is 182 g/mol. The molecule has 0 spiro atoms. The number of nitrogens with zero attached hydrogens (tertiary/aromatic N) is 1. The zero-order valence-corrected chi connectivity index (χ0v) is 8.63. The van der Waals surface area contributed by atoms with Gasteiger partial charge in [-0.2, -0.15) is 5.26 Å². The Labute approximate surface area is 80.1 Å². The maximum absolute atomic E-state index is 11.4. The summed E-state index contributed by atoms with van der Waals surface area (Å²) in [7, 11) is 0. The van der Waals surface area contributed by atoms with Crippen LogP contribution in [0.2, 0.25) is 0 Å². The van der Waals surface area contributed by atoms with Crippen LogP contribution in [0, 0.1) is 17.2 Å². The van der Waals surface area contributed by atoms with E-state index in [4.69, 9.17) is 5.26 Å². The second-order valence-electron chi connectivity index (χ2n) is 3.29. The minimum atomic E-state index is -0.313. The number of nitrogens with one attached hydrogen (secondary N) is 1. The summed E-state index contributed by atoms with van der Waals surface area (Å²) in [6, 6.07) is 1.77. The molecule has 74 valence electrons. The standard InChI is InChI=1S/C10H18N2O/c1-4-6-9(7-11)12-10(13)8(3)5-2/h8-9H,4-6H2,1-3H3,(H,12,13). The quantitative estimate of drug-likeness (QED) is 0.705. The van der Waals surface area contributed by atoms with Crippen LogP contribution in [0.3, 0.4) is 0 Å². The van der Waals surface area contributed by atoms with Gasteiger partial charge in [0.05, 0.1) is 6.07 Å².